The second-order valence-electron chi connectivity index (χ2n) is 10.6. The molecule has 35 heavy (non-hydrogen) atoms. The molecule has 0 spiro atoms. The number of unbranched alkanes of at least 4 members (excludes halogenated alkanes) is 1. The maximum atomic E-state index is 13.4. The van der Waals surface area contributed by atoms with E-state index in [0.29, 0.717) is 11.9 Å². The average Bonchev–Trinajstić information content (AvgIpc) is 3.32. The Morgan fingerprint density at radius 3 is 2.60 bits per heavy atom. The van der Waals surface area contributed by atoms with E-state index in [1.54, 1.807) is 17.0 Å². The van der Waals surface area contributed by atoms with Crippen molar-refractivity contribution in [2.24, 2.45) is 11.8 Å². The summed E-state index contributed by atoms with van der Waals surface area (Å²) in [4.78, 5) is 1.61. The molecule has 2 aliphatic rings. The summed E-state index contributed by atoms with van der Waals surface area (Å²) in [5.41, 5.74) is 2.89. The number of allylic oxidation sites excluding steroid dienone is 1. The van der Waals surface area contributed by atoms with Gasteiger partial charge < -0.3 is 4.74 Å². The Balaban J connectivity index is 1.11. The molecule has 5 rings (SSSR count). The largest absolute Gasteiger partial charge is 0.489 e. The van der Waals surface area contributed by atoms with Crippen molar-refractivity contribution in [1.82, 2.24) is 0 Å². The zero-order valence-corrected chi connectivity index (χ0v) is 22.9. The summed E-state index contributed by atoms with van der Waals surface area (Å²) in [7, 11) is 2.43. The van der Waals surface area contributed by atoms with Gasteiger partial charge in [-0.2, -0.15) is 0 Å². The van der Waals surface area contributed by atoms with Crippen LogP contribution in [0.15, 0.2) is 54.1 Å². The van der Waals surface area contributed by atoms with Gasteiger partial charge in [-0.15, -0.1) is 20.6 Å². The second-order valence-corrected chi connectivity index (χ2v) is 12.3. The van der Waals surface area contributed by atoms with Crippen molar-refractivity contribution in [3.05, 3.63) is 70.4 Å². The maximum Gasteiger partial charge on any atom is 0.130 e. The van der Waals surface area contributed by atoms with Gasteiger partial charge in [0.25, 0.3) is 0 Å². The van der Waals surface area contributed by atoms with Gasteiger partial charge >= 0.3 is 0 Å². The molecule has 0 saturated heterocycles. The fourth-order valence-corrected chi connectivity index (χ4v) is 7.52. The third-order valence-corrected chi connectivity index (χ3v) is 9.90. The molecule has 1 heterocycles. The molecule has 3 aromatic rings. The first-order chi connectivity index (χ1) is 17.1. The summed E-state index contributed by atoms with van der Waals surface area (Å²) < 4.78 is 20.9. The van der Waals surface area contributed by atoms with Crippen LogP contribution in [0.5, 0.6) is 5.75 Å². The van der Waals surface area contributed by atoms with Gasteiger partial charge in [-0.05, 0) is 122 Å². The minimum absolute atomic E-state index is 0.208. The summed E-state index contributed by atoms with van der Waals surface area (Å²) in [6.07, 6.45) is 15.2. The minimum Gasteiger partial charge on any atom is -0.489 e. The van der Waals surface area contributed by atoms with Crippen LogP contribution in [-0.4, -0.2) is 6.61 Å². The number of rotatable bonds is 8. The Hall–Kier alpha value is -1.70. The van der Waals surface area contributed by atoms with Gasteiger partial charge in [-0.25, -0.2) is 4.39 Å². The van der Waals surface area contributed by atoms with Crippen LogP contribution < -0.4 is 10.0 Å². The average molecular weight is 509 g/mol. The van der Waals surface area contributed by atoms with Crippen LogP contribution in [0.1, 0.15) is 81.1 Å². The third-order valence-electron chi connectivity index (χ3n) is 8.20. The molecule has 0 N–H and O–H groups in total. The van der Waals surface area contributed by atoms with Gasteiger partial charge in [-0.3, -0.25) is 0 Å². The zero-order valence-electron chi connectivity index (χ0n) is 20.9. The summed E-state index contributed by atoms with van der Waals surface area (Å²) in [5.74, 6) is 2.99. The Bertz CT molecular complexity index is 1170. The molecule has 2 aliphatic carbocycles. The molecular weight excluding hydrogens is 470 g/mol. The van der Waals surface area contributed by atoms with E-state index in [2.05, 4.69) is 46.5 Å². The van der Waals surface area contributed by atoms with Crippen LogP contribution >= 0.6 is 20.6 Å². The molecule has 1 saturated carbocycles. The molecule has 2 unspecified atom stereocenters. The maximum absolute atomic E-state index is 13.4. The normalized spacial score (nSPS) is 22.8. The van der Waals surface area contributed by atoms with Crippen molar-refractivity contribution in [3.63, 3.8) is 0 Å². The van der Waals surface area contributed by atoms with Crippen molar-refractivity contribution in [1.29, 1.82) is 0 Å². The topological polar surface area (TPSA) is 9.23 Å². The Kier molecular flexibility index (Phi) is 8.25. The lowest BCUT2D eigenvalue weighted by Gasteiger charge is -2.35. The van der Waals surface area contributed by atoms with Crippen LogP contribution in [0.4, 0.5) is 4.39 Å². The van der Waals surface area contributed by atoms with Crippen molar-refractivity contribution < 1.29 is 9.13 Å². The fourth-order valence-electron chi connectivity index (χ4n) is 5.96. The number of fused-ring (bicyclic) bond motifs is 1. The predicted octanol–water partition coefficient (Wildman–Crippen LogP) is 8.96. The standard InChI is InChI=1S/C31H38FOPS/c1-2-3-4-21-5-10-26-18-31(35-30(26)17-21)25-13-11-24(12-14-25)23-8-6-22(7-9-23)20-33-27-15-16-28(32)29(34)19-27/h5-6,10,15-19,23-25H,2-4,7-9,11-14,20,34H2,1H3. The summed E-state index contributed by atoms with van der Waals surface area (Å²) in [6, 6.07) is 14.5. The van der Waals surface area contributed by atoms with Crippen molar-refractivity contribution in [3.8, 4) is 5.75 Å². The highest BCUT2D eigenvalue weighted by Crippen LogP contribution is 2.45. The summed E-state index contributed by atoms with van der Waals surface area (Å²) in [5, 5.41) is 2.00. The van der Waals surface area contributed by atoms with E-state index in [0.717, 1.165) is 29.9 Å². The molecule has 186 valence electrons. The van der Waals surface area contributed by atoms with E-state index < -0.39 is 0 Å². The van der Waals surface area contributed by atoms with Gasteiger partial charge in [0.05, 0.1) is 0 Å². The fraction of sp³-hybridized carbons (Fsp3) is 0.484. The molecule has 0 amide bonds. The van der Waals surface area contributed by atoms with Crippen LogP contribution in [0, 0.1) is 17.7 Å². The Morgan fingerprint density at radius 2 is 1.86 bits per heavy atom. The van der Waals surface area contributed by atoms with Crippen LogP contribution in [-0.2, 0) is 6.42 Å². The number of aryl methyl sites for hydroxylation is 1. The number of hydrogen-bond acceptors (Lipinski definition) is 2. The van der Waals surface area contributed by atoms with E-state index in [1.165, 1.54) is 85.1 Å². The van der Waals surface area contributed by atoms with Gasteiger partial charge in [0, 0.05) is 14.9 Å². The molecule has 1 fully saturated rings. The first-order valence-corrected chi connectivity index (χ1v) is 14.9. The van der Waals surface area contributed by atoms with Crippen LogP contribution in [0.3, 0.4) is 0 Å². The first-order valence-electron chi connectivity index (χ1n) is 13.5. The predicted molar refractivity (Wildman–Crippen MR) is 152 cm³/mol. The molecule has 1 nitrogen and oxygen atoms in total. The van der Waals surface area contributed by atoms with Crippen molar-refractivity contribution in [2.75, 3.05) is 6.61 Å². The van der Waals surface area contributed by atoms with Crippen molar-refractivity contribution >= 4 is 36.0 Å². The molecule has 4 heteroatoms. The van der Waals surface area contributed by atoms with E-state index in [1.807, 2.05) is 11.3 Å². The Labute approximate surface area is 216 Å². The summed E-state index contributed by atoms with van der Waals surface area (Å²) in [6.45, 7) is 2.90. The van der Waals surface area contributed by atoms with Crippen LogP contribution in [0.2, 0.25) is 0 Å². The van der Waals surface area contributed by atoms with E-state index >= 15 is 0 Å². The summed E-state index contributed by atoms with van der Waals surface area (Å²) >= 11 is 2.05. The van der Waals surface area contributed by atoms with Crippen molar-refractivity contribution in [2.45, 2.75) is 77.0 Å². The quantitative estimate of drug-likeness (QED) is 0.218. The molecule has 0 radical (unpaired) electrons. The SMILES string of the molecule is CCCCc1ccc2cc(C3CCC(C4CC=C(COc5ccc(F)c(P)c5)CC4)CC3)sc2c1. The second kappa shape index (κ2) is 11.6. The van der Waals surface area contributed by atoms with Gasteiger partial charge in [-0.1, -0.05) is 31.6 Å². The lowest BCUT2D eigenvalue weighted by molar-refractivity contribution is 0.215. The molecule has 2 atom stereocenters. The molecule has 2 aromatic carbocycles. The number of thiophene rings is 1. The zero-order chi connectivity index (χ0) is 24.2. The lowest BCUT2D eigenvalue weighted by Crippen LogP contribution is -2.23. The smallest absolute Gasteiger partial charge is 0.130 e. The first kappa shape index (κ1) is 25.0. The van der Waals surface area contributed by atoms with E-state index in [-0.39, 0.29) is 5.82 Å². The van der Waals surface area contributed by atoms with Gasteiger partial charge in [0.15, 0.2) is 0 Å². The van der Waals surface area contributed by atoms with Gasteiger partial charge in [0.1, 0.15) is 18.2 Å². The van der Waals surface area contributed by atoms with Gasteiger partial charge in [0.2, 0.25) is 0 Å². The minimum atomic E-state index is -0.208. The molecule has 0 bridgehead atoms. The number of hydrogen-bond donors (Lipinski definition) is 0. The number of benzene rings is 2. The third kappa shape index (κ3) is 6.17. The molecule has 1 aromatic heterocycles. The highest BCUT2D eigenvalue weighted by molar-refractivity contribution is 7.27. The van der Waals surface area contributed by atoms with Crippen LogP contribution in [0.25, 0.3) is 10.1 Å². The van der Waals surface area contributed by atoms with E-state index in [4.69, 9.17) is 4.74 Å². The number of halogens is 1. The number of ether oxygens (including phenoxy) is 1. The highest BCUT2D eigenvalue weighted by atomic mass is 32.1. The molecule has 0 aliphatic heterocycles. The Morgan fingerprint density at radius 1 is 1.00 bits per heavy atom. The lowest BCUT2D eigenvalue weighted by atomic mass is 9.71. The van der Waals surface area contributed by atoms with E-state index in [9.17, 15) is 4.39 Å². The monoisotopic (exact) mass is 508 g/mol. The highest BCUT2D eigenvalue weighted by Gasteiger charge is 2.30. The molecular formula is C31H38FOPS.